The molecule has 0 fully saturated rings. The van der Waals surface area contributed by atoms with E-state index in [9.17, 15) is 14.9 Å². The van der Waals surface area contributed by atoms with Crippen molar-refractivity contribution in [3.63, 3.8) is 0 Å². The van der Waals surface area contributed by atoms with E-state index in [0.29, 0.717) is 40.1 Å². The molecule has 0 amide bonds. The van der Waals surface area contributed by atoms with E-state index in [1.807, 2.05) is 32.0 Å². The first-order valence-corrected chi connectivity index (χ1v) is 14.1. The average molecular weight is 594 g/mol. The van der Waals surface area contributed by atoms with Crippen molar-refractivity contribution in [1.29, 1.82) is 5.26 Å². The second-order valence-electron chi connectivity index (χ2n) is 9.93. The highest BCUT2D eigenvalue weighted by Gasteiger charge is 2.41. The Morgan fingerprint density at radius 2 is 1.97 bits per heavy atom. The fourth-order valence-electron chi connectivity index (χ4n) is 5.51. The number of ketones is 1. The van der Waals surface area contributed by atoms with Crippen molar-refractivity contribution in [2.45, 2.75) is 59.0 Å². The van der Waals surface area contributed by atoms with E-state index in [1.165, 1.54) is 7.11 Å². The number of nitriles is 1. The molecule has 2 aliphatic rings. The Morgan fingerprint density at radius 1 is 1.18 bits per heavy atom. The molecule has 1 aliphatic carbocycles. The number of rotatable bonds is 9. The summed E-state index contributed by atoms with van der Waals surface area (Å²) in [7, 11) is 1.35. The van der Waals surface area contributed by atoms with Crippen molar-refractivity contribution < 1.29 is 23.8 Å². The summed E-state index contributed by atoms with van der Waals surface area (Å²) in [6.07, 6.45) is 3.25. The minimum atomic E-state index is -0.551. The lowest BCUT2D eigenvalue weighted by Gasteiger charge is -2.35. The minimum Gasteiger partial charge on any atom is -0.490 e. The van der Waals surface area contributed by atoms with E-state index in [4.69, 9.17) is 19.2 Å². The molecule has 8 heteroatoms. The molecule has 1 aliphatic heterocycles. The lowest BCUT2D eigenvalue weighted by Crippen LogP contribution is -2.32. The van der Waals surface area contributed by atoms with Crippen molar-refractivity contribution in [1.82, 2.24) is 0 Å². The Bertz CT molecular complexity index is 1370. The van der Waals surface area contributed by atoms with Crippen LogP contribution in [-0.4, -0.2) is 31.2 Å². The second-order valence-corrected chi connectivity index (χ2v) is 10.8. The molecule has 4 rings (SSSR count). The maximum Gasteiger partial charge on any atom is 0.337 e. The van der Waals surface area contributed by atoms with E-state index in [-0.39, 0.29) is 18.3 Å². The Kier molecular flexibility index (Phi) is 9.24. The van der Waals surface area contributed by atoms with Gasteiger partial charge in [-0.3, -0.25) is 9.79 Å². The number of benzene rings is 2. The van der Waals surface area contributed by atoms with Crippen LogP contribution in [0.5, 0.6) is 11.5 Å². The van der Waals surface area contributed by atoms with Crippen LogP contribution < -0.4 is 9.47 Å². The predicted molar refractivity (Wildman–Crippen MR) is 152 cm³/mol. The number of Topliss-reactive ketones (excluding diaryl/α,β-unsaturated/α-hetero) is 1. The highest BCUT2D eigenvalue weighted by molar-refractivity contribution is 9.10. The lowest BCUT2D eigenvalue weighted by molar-refractivity contribution is -0.117. The number of ether oxygens (including phenoxy) is 3. The molecule has 39 heavy (non-hydrogen) atoms. The van der Waals surface area contributed by atoms with Gasteiger partial charge in [-0.05, 0) is 83.9 Å². The first kappa shape index (κ1) is 28.6. The average Bonchev–Trinajstić information content (AvgIpc) is 2.91. The van der Waals surface area contributed by atoms with Gasteiger partial charge in [-0.15, -0.1) is 0 Å². The summed E-state index contributed by atoms with van der Waals surface area (Å²) in [5.41, 5.74) is 4.24. The van der Waals surface area contributed by atoms with Crippen molar-refractivity contribution >= 4 is 33.4 Å². The summed E-state index contributed by atoms with van der Waals surface area (Å²) in [5.74, 6) is -0.0124. The maximum absolute atomic E-state index is 13.4. The minimum absolute atomic E-state index is 0.0797. The molecular weight excluding hydrogens is 560 g/mol. The molecule has 0 N–H and O–H groups in total. The largest absolute Gasteiger partial charge is 0.490 e. The predicted octanol–water partition coefficient (Wildman–Crippen LogP) is 6.94. The van der Waals surface area contributed by atoms with Crippen LogP contribution in [0, 0.1) is 23.2 Å². The Balaban J connectivity index is 1.70. The third-order valence-corrected chi connectivity index (χ3v) is 7.82. The van der Waals surface area contributed by atoms with E-state index in [0.717, 1.165) is 41.8 Å². The number of carbonyl (C=O) groups is 2. The second kappa shape index (κ2) is 12.6. The van der Waals surface area contributed by atoms with Gasteiger partial charge in [0.15, 0.2) is 17.3 Å². The molecule has 0 spiro atoms. The van der Waals surface area contributed by atoms with E-state index in [2.05, 4.69) is 28.9 Å². The lowest BCUT2D eigenvalue weighted by atomic mass is 9.70. The summed E-state index contributed by atoms with van der Waals surface area (Å²) in [5, 5.41) is 10.1. The van der Waals surface area contributed by atoms with Crippen LogP contribution in [0.2, 0.25) is 0 Å². The smallest absolute Gasteiger partial charge is 0.337 e. The molecule has 3 atom stereocenters. The van der Waals surface area contributed by atoms with Gasteiger partial charge in [0.25, 0.3) is 0 Å². The molecule has 0 saturated carbocycles. The summed E-state index contributed by atoms with van der Waals surface area (Å²) in [4.78, 5) is 30.1. The Labute approximate surface area is 238 Å². The van der Waals surface area contributed by atoms with Gasteiger partial charge in [0, 0.05) is 29.3 Å². The zero-order chi connectivity index (χ0) is 28.1. The number of allylic oxidation sites excluding steroid dienone is 2. The molecule has 204 valence electrons. The van der Waals surface area contributed by atoms with Gasteiger partial charge in [0.1, 0.15) is 6.61 Å². The number of carbonyl (C=O) groups excluding carboxylic acids is 2. The van der Waals surface area contributed by atoms with Gasteiger partial charge in [0.05, 0.1) is 35.7 Å². The Hall–Kier alpha value is -3.44. The monoisotopic (exact) mass is 592 g/mol. The summed E-state index contributed by atoms with van der Waals surface area (Å²) in [6.45, 7) is 6.49. The van der Waals surface area contributed by atoms with E-state index in [1.54, 1.807) is 18.2 Å². The van der Waals surface area contributed by atoms with Gasteiger partial charge in [-0.2, -0.15) is 5.26 Å². The molecule has 0 radical (unpaired) electrons. The van der Waals surface area contributed by atoms with Gasteiger partial charge in [-0.25, -0.2) is 4.79 Å². The third kappa shape index (κ3) is 6.09. The number of methoxy groups -OCH3 is 1. The maximum atomic E-state index is 13.4. The standard InChI is InChI=1S/C31H33BrN2O5/c1-5-8-19-12-25-29(26(35)13-19)28(23(16-33)18(3)34-25)22-14-24(32)30(27(15-22)38-6-2)39-17-20-9-7-10-21(11-20)31(36)37-4/h7,9-11,14-15,19,23,28H,5-6,8,12-13,17H2,1-4H3. The third-order valence-electron chi connectivity index (χ3n) is 7.23. The van der Waals surface area contributed by atoms with Gasteiger partial charge < -0.3 is 14.2 Å². The fraction of sp³-hybridized carbons (Fsp3) is 0.419. The topological polar surface area (TPSA) is 98.0 Å². The first-order valence-electron chi connectivity index (χ1n) is 13.3. The van der Waals surface area contributed by atoms with Gasteiger partial charge in [0.2, 0.25) is 0 Å². The van der Waals surface area contributed by atoms with Gasteiger partial charge in [-0.1, -0.05) is 25.5 Å². The van der Waals surface area contributed by atoms with Crippen molar-refractivity contribution in [2.24, 2.45) is 16.8 Å². The van der Waals surface area contributed by atoms with Crippen LogP contribution >= 0.6 is 15.9 Å². The number of aliphatic imine (C=N–C) groups is 1. The zero-order valence-electron chi connectivity index (χ0n) is 22.8. The molecule has 1 heterocycles. The number of esters is 1. The molecule has 2 aromatic rings. The van der Waals surface area contributed by atoms with E-state index >= 15 is 0 Å². The summed E-state index contributed by atoms with van der Waals surface area (Å²) in [6, 6.07) is 13.2. The van der Waals surface area contributed by atoms with Crippen LogP contribution in [0.3, 0.4) is 0 Å². The fourth-order valence-corrected chi connectivity index (χ4v) is 6.08. The highest BCUT2D eigenvalue weighted by Crippen LogP contribution is 2.48. The normalized spacial score (nSPS) is 20.6. The zero-order valence-corrected chi connectivity index (χ0v) is 24.3. The Morgan fingerprint density at radius 3 is 2.67 bits per heavy atom. The SMILES string of the molecule is CCCC1CC(=O)C2=C(C1)N=C(C)C(C#N)C2c1cc(Br)c(OCc2cccc(C(=O)OC)c2)c(OCC)c1. The van der Waals surface area contributed by atoms with Crippen LogP contribution in [0.25, 0.3) is 0 Å². The molecule has 2 aromatic carbocycles. The molecule has 7 nitrogen and oxygen atoms in total. The summed E-state index contributed by atoms with van der Waals surface area (Å²) < 4.78 is 17.6. The van der Waals surface area contributed by atoms with Crippen LogP contribution in [-0.2, 0) is 16.1 Å². The summed E-state index contributed by atoms with van der Waals surface area (Å²) >= 11 is 3.65. The molecule has 0 saturated heterocycles. The number of nitrogens with zero attached hydrogens (tertiary/aromatic N) is 2. The van der Waals surface area contributed by atoms with Gasteiger partial charge >= 0.3 is 5.97 Å². The number of hydrogen-bond acceptors (Lipinski definition) is 7. The molecule has 3 unspecified atom stereocenters. The quantitative estimate of drug-likeness (QED) is 0.292. The van der Waals surface area contributed by atoms with Crippen LogP contribution in [0.1, 0.15) is 73.9 Å². The van der Waals surface area contributed by atoms with E-state index < -0.39 is 17.8 Å². The number of hydrogen-bond donors (Lipinski definition) is 0. The molecule has 0 bridgehead atoms. The first-order chi connectivity index (χ1) is 18.8. The van der Waals surface area contributed by atoms with Crippen molar-refractivity contribution in [2.75, 3.05) is 13.7 Å². The van der Waals surface area contributed by atoms with Crippen molar-refractivity contribution in [3.8, 4) is 17.6 Å². The molecule has 0 aromatic heterocycles. The number of halogens is 1. The van der Waals surface area contributed by atoms with Crippen LogP contribution in [0.15, 0.2) is 57.1 Å². The molecular formula is C31H33BrN2O5. The van der Waals surface area contributed by atoms with Crippen LogP contribution in [0.4, 0.5) is 0 Å². The van der Waals surface area contributed by atoms with Crippen molar-refractivity contribution in [3.05, 3.63) is 68.8 Å². The highest BCUT2D eigenvalue weighted by atomic mass is 79.9.